The number of esters is 1. The van der Waals surface area contributed by atoms with Gasteiger partial charge in [0, 0.05) is 18.3 Å². The maximum atomic E-state index is 11.9. The highest BCUT2D eigenvalue weighted by Gasteiger charge is 2.25. The van der Waals surface area contributed by atoms with Gasteiger partial charge in [0.05, 0.1) is 19.2 Å². The summed E-state index contributed by atoms with van der Waals surface area (Å²) in [5.41, 5.74) is 0.546. The molecule has 0 atom stereocenters. The van der Waals surface area contributed by atoms with Crippen molar-refractivity contribution in [1.82, 2.24) is 4.98 Å². The Morgan fingerprint density at radius 2 is 2.28 bits per heavy atom. The van der Waals surface area contributed by atoms with Crippen LogP contribution in [0.1, 0.15) is 18.5 Å². The molecule has 18 heavy (non-hydrogen) atoms. The van der Waals surface area contributed by atoms with E-state index in [0.29, 0.717) is 10.8 Å². The summed E-state index contributed by atoms with van der Waals surface area (Å²) < 4.78 is 40.1. The molecule has 8 heteroatoms. The number of thiazole rings is 1. The van der Waals surface area contributed by atoms with Crippen LogP contribution in [0.25, 0.3) is 0 Å². The second kappa shape index (κ2) is 6.58. The lowest BCUT2D eigenvalue weighted by Gasteiger charge is -2.05. The van der Waals surface area contributed by atoms with Crippen molar-refractivity contribution in [3.63, 3.8) is 0 Å². The summed E-state index contributed by atoms with van der Waals surface area (Å²) in [7, 11) is 1.28. The minimum atomic E-state index is -4.12. The smallest absolute Gasteiger partial charge is 0.389 e. The predicted octanol–water partition coefficient (Wildman–Crippen LogP) is 2.61. The number of aromatic nitrogens is 1. The number of methoxy groups -OCH3 is 1. The molecule has 1 rings (SSSR count). The molecule has 102 valence electrons. The van der Waals surface area contributed by atoms with E-state index in [0.717, 1.165) is 0 Å². The molecule has 0 aliphatic carbocycles. The van der Waals surface area contributed by atoms with Gasteiger partial charge in [-0.3, -0.25) is 4.79 Å². The third-order valence-electron chi connectivity index (χ3n) is 2.02. The maximum Gasteiger partial charge on any atom is 0.389 e. The fourth-order valence-electron chi connectivity index (χ4n) is 1.17. The summed E-state index contributed by atoms with van der Waals surface area (Å²) in [5, 5.41) is 4.96. The third-order valence-corrected chi connectivity index (χ3v) is 2.87. The summed E-state index contributed by atoms with van der Waals surface area (Å²) in [5.74, 6) is -0.399. The van der Waals surface area contributed by atoms with Crippen molar-refractivity contribution in [3.8, 4) is 0 Å². The van der Waals surface area contributed by atoms with Crippen molar-refractivity contribution >= 4 is 22.4 Å². The zero-order valence-corrected chi connectivity index (χ0v) is 10.5. The van der Waals surface area contributed by atoms with Crippen molar-refractivity contribution in [2.75, 3.05) is 19.0 Å². The van der Waals surface area contributed by atoms with Crippen LogP contribution in [0.15, 0.2) is 5.38 Å². The fourth-order valence-corrected chi connectivity index (χ4v) is 1.91. The van der Waals surface area contributed by atoms with Gasteiger partial charge in [-0.15, -0.1) is 11.3 Å². The van der Waals surface area contributed by atoms with Crippen LogP contribution in [0, 0.1) is 0 Å². The van der Waals surface area contributed by atoms with Crippen LogP contribution in [0.4, 0.5) is 18.3 Å². The number of anilines is 1. The Bertz CT molecular complexity index is 393. The van der Waals surface area contributed by atoms with Crippen molar-refractivity contribution in [2.45, 2.75) is 25.4 Å². The van der Waals surface area contributed by atoms with E-state index in [4.69, 9.17) is 0 Å². The molecule has 0 saturated carbocycles. The minimum Gasteiger partial charge on any atom is -0.469 e. The molecule has 0 aliphatic rings. The molecule has 0 amide bonds. The van der Waals surface area contributed by atoms with E-state index in [9.17, 15) is 18.0 Å². The highest BCUT2D eigenvalue weighted by atomic mass is 32.1. The maximum absolute atomic E-state index is 11.9. The van der Waals surface area contributed by atoms with E-state index in [1.165, 1.54) is 18.4 Å². The van der Waals surface area contributed by atoms with Crippen LogP contribution < -0.4 is 5.32 Å². The second-order valence-electron chi connectivity index (χ2n) is 3.54. The first kappa shape index (κ1) is 14.7. The summed E-state index contributed by atoms with van der Waals surface area (Å²) in [6.45, 7) is 0.199. The van der Waals surface area contributed by atoms with E-state index in [-0.39, 0.29) is 19.4 Å². The van der Waals surface area contributed by atoms with Gasteiger partial charge in [0.25, 0.3) is 0 Å². The predicted molar refractivity (Wildman–Crippen MR) is 61.6 cm³/mol. The molecule has 0 saturated heterocycles. The molecule has 0 aromatic carbocycles. The van der Waals surface area contributed by atoms with E-state index < -0.39 is 18.6 Å². The van der Waals surface area contributed by atoms with Crippen LogP contribution in [-0.2, 0) is 16.0 Å². The number of carbonyl (C=O) groups is 1. The lowest BCUT2D eigenvalue weighted by Crippen LogP contribution is -2.11. The Morgan fingerprint density at radius 3 is 2.89 bits per heavy atom. The van der Waals surface area contributed by atoms with Gasteiger partial charge in [0.1, 0.15) is 0 Å². The zero-order valence-electron chi connectivity index (χ0n) is 9.71. The van der Waals surface area contributed by atoms with Crippen LogP contribution in [0.2, 0.25) is 0 Å². The minimum absolute atomic E-state index is 0.00455. The van der Waals surface area contributed by atoms with Crippen LogP contribution >= 0.6 is 11.3 Å². The first-order valence-electron chi connectivity index (χ1n) is 5.22. The highest BCUT2D eigenvalue weighted by molar-refractivity contribution is 7.13. The van der Waals surface area contributed by atoms with Crippen molar-refractivity contribution in [2.24, 2.45) is 0 Å². The average Bonchev–Trinajstić information content (AvgIpc) is 2.71. The van der Waals surface area contributed by atoms with E-state index in [1.54, 1.807) is 5.38 Å². The normalized spacial score (nSPS) is 11.3. The molecular weight excluding hydrogens is 269 g/mol. The molecule has 0 radical (unpaired) electrons. The first-order valence-corrected chi connectivity index (χ1v) is 6.10. The van der Waals surface area contributed by atoms with Crippen LogP contribution in [0.3, 0.4) is 0 Å². The number of halogens is 3. The second-order valence-corrected chi connectivity index (χ2v) is 4.40. The van der Waals surface area contributed by atoms with Gasteiger partial charge in [-0.05, 0) is 6.42 Å². The molecule has 0 bridgehead atoms. The number of hydrogen-bond donors (Lipinski definition) is 1. The van der Waals surface area contributed by atoms with Crippen molar-refractivity contribution in [1.29, 1.82) is 0 Å². The van der Waals surface area contributed by atoms with Gasteiger partial charge < -0.3 is 10.1 Å². The molecule has 1 aromatic heterocycles. The lowest BCUT2D eigenvalue weighted by atomic mass is 10.3. The summed E-state index contributed by atoms with van der Waals surface area (Å²) in [6, 6.07) is 0. The summed E-state index contributed by atoms with van der Waals surface area (Å²) in [4.78, 5) is 15.0. The van der Waals surface area contributed by atoms with Gasteiger partial charge in [0.2, 0.25) is 0 Å². The molecular formula is C10H13F3N2O2S. The third kappa shape index (κ3) is 5.85. The van der Waals surface area contributed by atoms with Crippen LogP contribution in [0.5, 0.6) is 0 Å². The molecule has 1 aromatic rings. The SMILES string of the molecule is COC(=O)Cc1csc(NCCCC(F)(F)F)n1. The molecule has 1 heterocycles. The summed E-state index contributed by atoms with van der Waals surface area (Å²) in [6.07, 6.45) is -4.88. The Morgan fingerprint density at radius 1 is 1.56 bits per heavy atom. The number of nitrogens with zero attached hydrogens (tertiary/aromatic N) is 1. The number of ether oxygens (including phenoxy) is 1. The number of carbonyl (C=O) groups excluding carboxylic acids is 1. The monoisotopic (exact) mass is 282 g/mol. The highest BCUT2D eigenvalue weighted by Crippen LogP contribution is 2.22. The van der Waals surface area contributed by atoms with Crippen molar-refractivity contribution < 1.29 is 22.7 Å². The van der Waals surface area contributed by atoms with E-state index >= 15 is 0 Å². The van der Waals surface area contributed by atoms with E-state index in [2.05, 4.69) is 15.0 Å². The average molecular weight is 282 g/mol. The lowest BCUT2D eigenvalue weighted by molar-refractivity contribution is -0.140. The van der Waals surface area contributed by atoms with Gasteiger partial charge in [-0.2, -0.15) is 13.2 Å². The standard InChI is InChI=1S/C10H13F3N2O2S/c1-17-8(16)5-7-6-18-9(15-7)14-4-2-3-10(11,12)13/h6H,2-5H2,1H3,(H,14,15). The van der Waals surface area contributed by atoms with Crippen molar-refractivity contribution in [3.05, 3.63) is 11.1 Å². The van der Waals surface area contributed by atoms with Gasteiger partial charge in [0.15, 0.2) is 5.13 Å². The molecule has 1 N–H and O–H groups in total. The molecule has 0 aliphatic heterocycles. The quantitative estimate of drug-likeness (QED) is 0.643. The van der Waals surface area contributed by atoms with Crippen LogP contribution in [-0.4, -0.2) is 30.8 Å². The fraction of sp³-hybridized carbons (Fsp3) is 0.600. The largest absolute Gasteiger partial charge is 0.469 e. The Hall–Kier alpha value is -1.31. The zero-order chi connectivity index (χ0) is 13.6. The Kier molecular flexibility index (Phi) is 5.39. The Balaban J connectivity index is 2.29. The number of rotatable bonds is 6. The van der Waals surface area contributed by atoms with Gasteiger partial charge in [-0.1, -0.05) is 0 Å². The molecule has 0 unspecified atom stereocenters. The summed E-state index contributed by atoms with van der Waals surface area (Å²) >= 11 is 1.25. The van der Waals surface area contributed by atoms with Gasteiger partial charge in [-0.25, -0.2) is 4.98 Å². The molecule has 0 fully saturated rings. The number of nitrogens with one attached hydrogen (secondary N) is 1. The molecule has 4 nitrogen and oxygen atoms in total. The molecule has 0 spiro atoms. The number of hydrogen-bond acceptors (Lipinski definition) is 5. The van der Waals surface area contributed by atoms with E-state index in [1.807, 2.05) is 0 Å². The Labute approximate surface area is 106 Å². The number of alkyl halides is 3. The first-order chi connectivity index (χ1) is 8.40. The topological polar surface area (TPSA) is 51.2 Å². The van der Waals surface area contributed by atoms with Gasteiger partial charge >= 0.3 is 12.1 Å².